The molecule has 2 N–H and O–H groups in total. The summed E-state index contributed by atoms with van der Waals surface area (Å²) in [5, 5.41) is 20.8. The summed E-state index contributed by atoms with van der Waals surface area (Å²) in [5.74, 6) is -1.11. The molecule has 17 heavy (non-hydrogen) atoms. The summed E-state index contributed by atoms with van der Waals surface area (Å²) in [7, 11) is 0. The number of hydrogen-bond acceptors (Lipinski definition) is 2. The van der Waals surface area contributed by atoms with Crippen LogP contribution in [0, 0.1) is 11.3 Å². The van der Waals surface area contributed by atoms with Gasteiger partial charge in [-0.3, -0.25) is 0 Å². The second kappa shape index (κ2) is 7.38. The first-order valence-electron chi connectivity index (χ1n) is 7.40. The molecule has 1 atom stereocenters. The van der Waals surface area contributed by atoms with E-state index < -0.39 is 5.79 Å². The first-order valence-corrected chi connectivity index (χ1v) is 7.40. The highest BCUT2D eigenvalue weighted by Crippen LogP contribution is 2.48. The van der Waals surface area contributed by atoms with Crippen LogP contribution < -0.4 is 0 Å². The van der Waals surface area contributed by atoms with Gasteiger partial charge >= 0.3 is 0 Å². The van der Waals surface area contributed by atoms with Crippen molar-refractivity contribution in [1.82, 2.24) is 0 Å². The van der Waals surface area contributed by atoms with Crippen molar-refractivity contribution in [2.24, 2.45) is 11.3 Å². The second-order valence-electron chi connectivity index (χ2n) is 5.28. The molecule has 1 unspecified atom stereocenters. The predicted octanol–water partition coefficient (Wildman–Crippen LogP) is 4.10. The van der Waals surface area contributed by atoms with Gasteiger partial charge in [-0.15, -0.1) is 0 Å². The molecule has 0 spiro atoms. The minimum Gasteiger partial charge on any atom is -0.365 e. The molecule has 0 bridgehead atoms. The fourth-order valence-corrected chi connectivity index (χ4v) is 3.39. The summed E-state index contributed by atoms with van der Waals surface area (Å²) in [6, 6.07) is 0. The molecule has 0 aromatic rings. The second-order valence-corrected chi connectivity index (χ2v) is 5.28. The van der Waals surface area contributed by atoms with E-state index in [4.69, 9.17) is 0 Å². The van der Waals surface area contributed by atoms with Gasteiger partial charge in [-0.25, -0.2) is 0 Å². The molecule has 0 saturated carbocycles. The van der Waals surface area contributed by atoms with Gasteiger partial charge in [0.15, 0.2) is 5.79 Å². The Morgan fingerprint density at radius 3 is 1.71 bits per heavy atom. The van der Waals surface area contributed by atoms with Gasteiger partial charge in [0.25, 0.3) is 0 Å². The van der Waals surface area contributed by atoms with Crippen LogP contribution in [0.3, 0.4) is 0 Å². The molecule has 0 heterocycles. The van der Waals surface area contributed by atoms with Gasteiger partial charge in [0.2, 0.25) is 0 Å². The van der Waals surface area contributed by atoms with Crippen LogP contribution in [0.15, 0.2) is 0 Å². The third-order valence-corrected chi connectivity index (χ3v) is 4.73. The highest BCUT2D eigenvalue weighted by Gasteiger charge is 2.49. The van der Waals surface area contributed by atoms with Gasteiger partial charge in [-0.1, -0.05) is 53.9 Å². The van der Waals surface area contributed by atoms with Gasteiger partial charge < -0.3 is 10.2 Å². The third-order valence-electron chi connectivity index (χ3n) is 4.73. The molecule has 0 aliphatic heterocycles. The molecular weight excluding hydrogens is 212 g/mol. The zero-order valence-corrected chi connectivity index (χ0v) is 12.4. The minimum atomic E-state index is -1.52. The van der Waals surface area contributed by atoms with Crippen molar-refractivity contribution < 1.29 is 10.2 Å². The molecular formula is C15H32O2. The van der Waals surface area contributed by atoms with Crippen LogP contribution in [0.25, 0.3) is 0 Å². The highest BCUT2D eigenvalue weighted by atomic mass is 16.5. The monoisotopic (exact) mass is 244 g/mol. The molecule has 0 aromatic heterocycles. The zero-order valence-electron chi connectivity index (χ0n) is 12.4. The van der Waals surface area contributed by atoms with Crippen molar-refractivity contribution >= 4 is 0 Å². The SMILES string of the molecule is CCCCC(CC)C(CC)(CC)C(O)(O)CC. The lowest BCUT2D eigenvalue weighted by Gasteiger charge is -2.48. The molecule has 2 heteroatoms. The highest BCUT2D eigenvalue weighted by molar-refractivity contribution is 4.94. The Hall–Kier alpha value is -0.0800. The Balaban J connectivity index is 5.13. The third kappa shape index (κ3) is 3.45. The van der Waals surface area contributed by atoms with E-state index >= 15 is 0 Å². The normalized spacial score (nSPS) is 15.0. The Bertz CT molecular complexity index is 195. The lowest BCUT2D eigenvalue weighted by atomic mass is 9.62. The quantitative estimate of drug-likeness (QED) is 0.599. The number of aliphatic hydroxyl groups is 2. The van der Waals surface area contributed by atoms with Crippen molar-refractivity contribution in [3.63, 3.8) is 0 Å². The fourth-order valence-electron chi connectivity index (χ4n) is 3.39. The van der Waals surface area contributed by atoms with E-state index in [1.54, 1.807) is 0 Å². The van der Waals surface area contributed by atoms with Crippen LogP contribution in [-0.4, -0.2) is 16.0 Å². The number of rotatable bonds is 9. The Labute approximate surface area is 107 Å². The smallest absolute Gasteiger partial charge is 0.168 e. The molecule has 0 radical (unpaired) electrons. The van der Waals surface area contributed by atoms with Gasteiger partial charge in [-0.05, 0) is 31.6 Å². The van der Waals surface area contributed by atoms with E-state index in [2.05, 4.69) is 27.7 Å². The van der Waals surface area contributed by atoms with Crippen LogP contribution in [0.1, 0.15) is 79.6 Å². The maximum Gasteiger partial charge on any atom is 0.168 e. The van der Waals surface area contributed by atoms with Crippen LogP contribution >= 0.6 is 0 Å². The van der Waals surface area contributed by atoms with E-state index in [1.807, 2.05) is 6.92 Å². The van der Waals surface area contributed by atoms with Gasteiger partial charge in [0.05, 0.1) is 0 Å². The molecule has 0 fully saturated rings. The maximum atomic E-state index is 10.4. The zero-order chi connectivity index (χ0) is 13.5. The summed E-state index contributed by atoms with van der Waals surface area (Å²) in [6.07, 6.45) is 6.59. The standard InChI is InChI=1S/C15H32O2/c1-6-11-12-13(7-2)14(8-3,9-4)15(16,17)10-5/h13,16-17H,6-12H2,1-5H3. The van der Waals surface area contributed by atoms with Crippen molar-refractivity contribution in [3.8, 4) is 0 Å². The number of unbranched alkanes of at least 4 members (excludes halogenated alkanes) is 1. The first kappa shape index (κ1) is 16.9. The molecule has 0 amide bonds. The predicted molar refractivity (Wildman–Crippen MR) is 73.8 cm³/mol. The van der Waals surface area contributed by atoms with Crippen molar-refractivity contribution in [3.05, 3.63) is 0 Å². The van der Waals surface area contributed by atoms with Crippen molar-refractivity contribution in [2.75, 3.05) is 0 Å². The van der Waals surface area contributed by atoms with Gasteiger partial charge in [0.1, 0.15) is 0 Å². The summed E-state index contributed by atoms with van der Waals surface area (Å²) in [4.78, 5) is 0. The molecule has 2 nitrogen and oxygen atoms in total. The fraction of sp³-hybridized carbons (Fsp3) is 1.00. The van der Waals surface area contributed by atoms with Gasteiger partial charge in [-0.2, -0.15) is 0 Å². The molecule has 0 aliphatic carbocycles. The Morgan fingerprint density at radius 2 is 1.41 bits per heavy atom. The summed E-state index contributed by atoms with van der Waals surface area (Å²) < 4.78 is 0. The summed E-state index contributed by atoms with van der Waals surface area (Å²) in [5.41, 5.74) is -0.342. The lowest BCUT2D eigenvalue weighted by molar-refractivity contribution is -0.266. The van der Waals surface area contributed by atoms with E-state index in [-0.39, 0.29) is 5.41 Å². The van der Waals surface area contributed by atoms with Crippen molar-refractivity contribution in [1.29, 1.82) is 0 Å². The molecule has 0 saturated heterocycles. The molecule has 0 rings (SSSR count). The summed E-state index contributed by atoms with van der Waals surface area (Å²) in [6.45, 7) is 10.4. The molecule has 0 aromatic carbocycles. The van der Waals surface area contributed by atoms with E-state index in [0.717, 1.165) is 25.7 Å². The summed E-state index contributed by atoms with van der Waals surface area (Å²) >= 11 is 0. The van der Waals surface area contributed by atoms with E-state index in [9.17, 15) is 10.2 Å². The maximum absolute atomic E-state index is 10.4. The number of hydrogen-bond donors (Lipinski definition) is 2. The topological polar surface area (TPSA) is 40.5 Å². The lowest BCUT2D eigenvalue weighted by Crippen LogP contribution is -2.51. The Morgan fingerprint density at radius 1 is 0.882 bits per heavy atom. The van der Waals surface area contributed by atoms with Crippen molar-refractivity contribution in [2.45, 2.75) is 85.4 Å². The largest absolute Gasteiger partial charge is 0.365 e. The van der Waals surface area contributed by atoms with Gasteiger partial charge in [0, 0.05) is 5.41 Å². The van der Waals surface area contributed by atoms with Crippen LogP contribution in [0.5, 0.6) is 0 Å². The minimum absolute atomic E-state index is 0.342. The Kier molecular flexibility index (Phi) is 7.34. The van der Waals surface area contributed by atoms with Crippen LogP contribution in [0.4, 0.5) is 0 Å². The van der Waals surface area contributed by atoms with Crippen LogP contribution in [0.2, 0.25) is 0 Å². The van der Waals surface area contributed by atoms with E-state index in [0.29, 0.717) is 12.3 Å². The first-order chi connectivity index (χ1) is 7.95. The average molecular weight is 244 g/mol. The van der Waals surface area contributed by atoms with E-state index in [1.165, 1.54) is 12.8 Å². The molecule has 0 aliphatic rings. The average Bonchev–Trinajstić information content (AvgIpc) is 2.34. The molecule has 104 valence electrons. The van der Waals surface area contributed by atoms with Crippen LogP contribution in [-0.2, 0) is 0 Å².